The monoisotopic (exact) mass is 382 g/mol. The Hall–Kier alpha value is -1.84. The fourth-order valence-electron chi connectivity index (χ4n) is 4.31. The first-order valence-electron chi connectivity index (χ1n) is 8.62. The van der Waals surface area contributed by atoms with Crippen LogP contribution < -0.4 is 9.47 Å². The third-order valence-corrected chi connectivity index (χ3v) is 7.45. The van der Waals surface area contributed by atoms with Gasteiger partial charge in [0.2, 0.25) is 15.9 Å². The van der Waals surface area contributed by atoms with Gasteiger partial charge < -0.3 is 19.1 Å². The zero-order valence-corrected chi connectivity index (χ0v) is 15.6. The molecule has 1 amide bonds. The van der Waals surface area contributed by atoms with Crippen LogP contribution in [-0.2, 0) is 19.6 Å². The highest BCUT2D eigenvalue weighted by molar-refractivity contribution is 7.89. The molecule has 0 radical (unpaired) electrons. The number of nitrogens with zero attached hydrogens (tertiary/aromatic N) is 2. The summed E-state index contributed by atoms with van der Waals surface area (Å²) in [7, 11) is -0.971. The van der Waals surface area contributed by atoms with Gasteiger partial charge in [0.15, 0.2) is 5.72 Å². The fourth-order valence-corrected chi connectivity index (χ4v) is 6.14. The highest BCUT2D eigenvalue weighted by atomic mass is 32.2. The number of ether oxygens (including phenoxy) is 3. The van der Waals surface area contributed by atoms with E-state index in [2.05, 4.69) is 0 Å². The third kappa shape index (κ3) is 2.34. The van der Waals surface area contributed by atoms with Gasteiger partial charge in [0, 0.05) is 32.0 Å². The van der Waals surface area contributed by atoms with E-state index in [1.807, 2.05) is 0 Å². The number of carbonyl (C=O) groups excluding carboxylic acids is 1. The van der Waals surface area contributed by atoms with Crippen molar-refractivity contribution >= 4 is 15.9 Å². The van der Waals surface area contributed by atoms with Crippen LogP contribution in [0.3, 0.4) is 0 Å². The van der Waals surface area contributed by atoms with Gasteiger partial charge in [-0.1, -0.05) is 0 Å². The molecule has 3 heterocycles. The summed E-state index contributed by atoms with van der Waals surface area (Å²) in [6.45, 7) is 1.46. The molecule has 0 saturated carbocycles. The molecule has 3 aliphatic heterocycles. The van der Waals surface area contributed by atoms with Crippen LogP contribution in [0.25, 0.3) is 0 Å². The van der Waals surface area contributed by atoms with Crippen LogP contribution in [0.1, 0.15) is 19.3 Å². The second-order valence-corrected chi connectivity index (χ2v) is 8.55. The highest BCUT2D eigenvalue weighted by Gasteiger charge is 2.63. The quantitative estimate of drug-likeness (QED) is 0.766. The van der Waals surface area contributed by atoms with E-state index in [9.17, 15) is 13.2 Å². The van der Waals surface area contributed by atoms with Crippen LogP contribution in [0.4, 0.5) is 0 Å². The van der Waals surface area contributed by atoms with E-state index in [-0.39, 0.29) is 23.0 Å². The topological polar surface area (TPSA) is 85.4 Å². The van der Waals surface area contributed by atoms with Crippen LogP contribution in [0, 0.1) is 0 Å². The largest absolute Gasteiger partial charge is 0.497 e. The summed E-state index contributed by atoms with van der Waals surface area (Å²) in [5.74, 6) is 0.626. The standard InChI is InChI=1S/C17H22N2O6S/c1-23-12-4-5-13(24-2)14(10-12)26(21,22)19-8-6-17-15(19)11-16(20)18(17)7-3-9-25-17/h4-5,10,15H,3,6-9,11H2,1-2H3/t15-,17+/m1/s1. The molecule has 26 heavy (non-hydrogen) atoms. The van der Waals surface area contributed by atoms with E-state index >= 15 is 0 Å². The van der Waals surface area contributed by atoms with Crippen molar-refractivity contribution in [2.24, 2.45) is 0 Å². The summed E-state index contributed by atoms with van der Waals surface area (Å²) < 4.78 is 44.6. The first-order chi connectivity index (χ1) is 12.4. The van der Waals surface area contributed by atoms with Gasteiger partial charge in [0.05, 0.1) is 26.9 Å². The van der Waals surface area contributed by atoms with E-state index < -0.39 is 21.8 Å². The molecular formula is C17H22N2O6S. The Balaban J connectivity index is 1.75. The number of methoxy groups -OCH3 is 2. The second-order valence-electron chi connectivity index (χ2n) is 6.69. The van der Waals surface area contributed by atoms with Crippen LogP contribution in [-0.4, -0.2) is 69.2 Å². The minimum absolute atomic E-state index is 0.0399. The van der Waals surface area contributed by atoms with Gasteiger partial charge in [0.25, 0.3) is 0 Å². The molecule has 1 spiro atoms. The molecule has 0 aromatic heterocycles. The molecule has 3 fully saturated rings. The summed E-state index contributed by atoms with van der Waals surface area (Å²) in [4.78, 5) is 14.2. The lowest BCUT2D eigenvalue weighted by atomic mass is 10.0. The molecule has 4 rings (SSSR count). The Morgan fingerprint density at radius 2 is 2.04 bits per heavy atom. The number of hydrogen-bond acceptors (Lipinski definition) is 6. The zero-order valence-electron chi connectivity index (χ0n) is 14.8. The number of carbonyl (C=O) groups is 1. The lowest BCUT2D eigenvalue weighted by Crippen LogP contribution is -2.56. The van der Waals surface area contributed by atoms with Gasteiger partial charge in [0.1, 0.15) is 16.4 Å². The Kier molecular flexibility index (Phi) is 4.13. The average molecular weight is 382 g/mol. The lowest BCUT2D eigenvalue weighted by molar-refractivity contribution is -0.178. The average Bonchev–Trinajstić information content (AvgIpc) is 3.13. The number of rotatable bonds is 4. The van der Waals surface area contributed by atoms with Crippen molar-refractivity contribution in [2.45, 2.75) is 35.9 Å². The molecule has 0 bridgehead atoms. The van der Waals surface area contributed by atoms with E-state index in [1.165, 1.54) is 24.6 Å². The molecule has 9 heteroatoms. The van der Waals surface area contributed by atoms with Crippen LogP contribution in [0.15, 0.2) is 23.1 Å². The Morgan fingerprint density at radius 1 is 1.23 bits per heavy atom. The molecule has 1 aromatic carbocycles. The minimum atomic E-state index is -3.88. The molecule has 142 valence electrons. The van der Waals surface area contributed by atoms with Gasteiger partial charge in [-0.25, -0.2) is 8.42 Å². The van der Waals surface area contributed by atoms with Crippen molar-refractivity contribution in [2.75, 3.05) is 33.9 Å². The lowest BCUT2D eigenvalue weighted by Gasteiger charge is -2.42. The molecule has 0 unspecified atom stereocenters. The maximum absolute atomic E-state index is 13.4. The van der Waals surface area contributed by atoms with Crippen molar-refractivity contribution in [1.29, 1.82) is 0 Å². The Morgan fingerprint density at radius 3 is 2.77 bits per heavy atom. The van der Waals surface area contributed by atoms with E-state index in [0.717, 1.165) is 6.42 Å². The van der Waals surface area contributed by atoms with Crippen molar-refractivity contribution in [3.05, 3.63) is 18.2 Å². The SMILES string of the molecule is COc1ccc(OC)c(S(=O)(=O)N2CC[C@@]34OCCCN3C(=O)C[C@@H]24)c1. The number of hydrogen-bond donors (Lipinski definition) is 0. The predicted octanol–water partition coefficient (Wildman–Crippen LogP) is 0.816. The van der Waals surface area contributed by atoms with Gasteiger partial charge in [-0.3, -0.25) is 4.79 Å². The van der Waals surface area contributed by atoms with Gasteiger partial charge in [-0.05, 0) is 18.6 Å². The molecule has 1 aromatic rings. The van der Waals surface area contributed by atoms with Gasteiger partial charge >= 0.3 is 0 Å². The van der Waals surface area contributed by atoms with E-state index in [0.29, 0.717) is 31.9 Å². The van der Waals surface area contributed by atoms with Gasteiger partial charge in [-0.15, -0.1) is 0 Å². The van der Waals surface area contributed by atoms with Crippen molar-refractivity contribution in [1.82, 2.24) is 9.21 Å². The molecule has 0 N–H and O–H groups in total. The summed E-state index contributed by atoms with van der Waals surface area (Å²) in [5.41, 5.74) is -0.825. The first kappa shape index (κ1) is 17.6. The summed E-state index contributed by atoms with van der Waals surface area (Å²) in [6, 6.07) is 4.15. The van der Waals surface area contributed by atoms with E-state index in [4.69, 9.17) is 14.2 Å². The molecular weight excluding hydrogens is 360 g/mol. The highest BCUT2D eigenvalue weighted by Crippen LogP contribution is 2.47. The Bertz CT molecular complexity index is 842. The maximum atomic E-state index is 13.4. The first-order valence-corrected chi connectivity index (χ1v) is 10.1. The predicted molar refractivity (Wildman–Crippen MR) is 91.5 cm³/mol. The van der Waals surface area contributed by atoms with Crippen molar-refractivity contribution < 1.29 is 27.4 Å². The van der Waals surface area contributed by atoms with Crippen molar-refractivity contribution in [3.63, 3.8) is 0 Å². The summed E-state index contributed by atoms with van der Waals surface area (Å²) in [6.07, 6.45) is 1.40. The molecule has 3 saturated heterocycles. The number of benzene rings is 1. The maximum Gasteiger partial charge on any atom is 0.247 e. The minimum Gasteiger partial charge on any atom is -0.497 e. The number of sulfonamides is 1. The zero-order chi connectivity index (χ0) is 18.5. The fraction of sp³-hybridized carbons (Fsp3) is 0.588. The molecule has 0 aliphatic carbocycles. The third-order valence-electron chi connectivity index (χ3n) is 5.52. The smallest absolute Gasteiger partial charge is 0.247 e. The van der Waals surface area contributed by atoms with E-state index in [1.54, 1.807) is 17.0 Å². The van der Waals surface area contributed by atoms with Crippen LogP contribution in [0.5, 0.6) is 11.5 Å². The molecule has 3 aliphatic rings. The molecule has 8 nitrogen and oxygen atoms in total. The van der Waals surface area contributed by atoms with Crippen LogP contribution in [0.2, 0.25) is 0 Å². The Labute approximate surface area is 152 Å². The van der Waals surface area contributed by atoms with Crippen LogP contribution >= 0.6 is 0 Å². The summed E-state index contributed by atoms with van der Waals surface area (Å²) in [5, 5.41) is 0. The van der Waals surface area contributed by atoms with Gasteiger partial charge in [-0.2, -0.15) is 4.31 Å². The second kappa shape index (κ2) is 6.11. The normalized spacial score (nSPS) is 28.8. The van der Waals surface area contributed by atoms with Crippen molar-refractivity contribution in [3.8, 4) is 11.5 Å². The number of amides is 1. The molecule has 2 atom stereocenters. The summed E-state index contributed by atoms with van der Waals surface area (Å²) >= 11 is 0.